The summed E-state index contributed by atoms with van der Waals surface area (Å²) in [6.07, 6.45) is 2.54. The van der Waals surface area contributed by atoms with Gasteiger partial charge in [-0.2, -0.15) is 0 Å². The van der Waals surface area contributed by atoms with E-state index in [0.717, 1.165) is 46.5 Å². The zero-order chi connectivity index (χ0) is 16.4. The second kappa shape index (κ2) is 6.81. The maximum absolute atomic E-state index is 12.6. The Morgan fingerprint density at radius 2 is 2.00 bits per heavy atom. The number of hydrogen-bond acceptors (Lipinski definition) is 4. The molecule has 1 N–H and O–H groups in total. The zero-order valence-electron chi connectivity index (χ0n) is 14.0. The Labute approximate surface area is 141 Å². The van der Waals surface area contributed by atoms with E-state index in [-0.39, 0.29) is 5.91 Å². The Hall–Kier alpha value is -1.72. The minimum Gasteiger partial charge on any atom is -0.321 e. The van der Waals surface area contributed by atoms with Gasteiger partial charge < -0.3 is 5.32 Å². The van der Waals surface area contributed by atoms with Gasteiger partial charge in [-0.05, 0) is 63.9 Å². The van der Waals surface area contributed by atoms with Crippen LogP contribution in [0.2, 0.25) is 0 Å². The van der Waals surface area contributed by atoms with Gasteiger partial charge in [0.1, 0.15) is 9.88 Å². The Morgan fingerprint density at radius 3 is 2.74 bits per heavy atom. The lowest BCUT2D eigenvalue weighted by atomic mass is 10.1. The largest absolute Gasteiger partial charge is 0.321 e. The lowest BCUT2D eigenvalue weighted by Gasteiger charge is -2.11. The van der Waals surface area contributed by atoms with Gasteiger partial charge in [0.25, 0.3) is 5.91 Å². The van der Waals surface area contributed by atoms with Gasteiger partial charge in [0.05, 0.1) is 12.2 Å². The van der Waals surface area contributed by atoms with Crippen molar-refractivity contribution in [3.63, 3.8) is 0 Å². The highest BCUT2D eigenvalue weighted by Crippen LogP contribution is 2.24. The molecular formula is C18H23N3OS. The molecule has 4 nitrogen and oxygen atoms in total. The first kappa shape index (κ1) is 16.1. The number of benzene rings is 1. The summed E-state index contributed by atoms with van der Waals surface area (Å²) in [5.74, 6) is -0.0543. The minimum atomic E-state index is -0.0543. The Balaban J connectivity index is 1.74. The Bertz CT molecular complexity index is 717. The van der Waals surface area contributed by atoms with Gasteiger partial charge in [0.15, 0.2) is 0 Å². The molecule has 2 heterocycles. The molecule has 1 saturated heterocycles. The highest BCUT2D eigenvalue weighted by molar-refractivity contribution is 7.13. The van der Waals surface area contributed by atoms with Crippen molar-refractivity contribution in [1.29, 1.82) is 0 Å². The molecule has 1 amide bonds. The number of nitrogens with one attached hydrogen (secondary N) is 1. The van der Waals surface area contributed by atoms with Crippen LogP contribution < -0.4 is 5.32 Å². The SMILES string of the molecule is Cc1cccc(NC(=O)c2sc(CN3CCCC3)nc2C)c1C. The summed E-state index contributed by atoms with van der Waals surface area (Å²) in [5.41, 5.74) is 4.00. The number of hydrogen-bond donors (Lipinski definition) is 1. The van der Waals surface area contributed by atoms with E-state index in [2.05, 4.69) is 28.2 Å². The zero-order valence-corrected chi connectivity index (χ0v) is 14.8. The molecule has 0 unspecified atom stereocenters. The number of amides is 1. The molecule has 5 heteroatoms. The van der Waals surface area contributed by atoms with E-state index in [1.165, 1.54) is 29.7 Å². The van der Waals surface area contributed by atoms with Gasteiger partial charge >= 0.3 is 0 Å². The number of thiazole rings is 1. The van der Waals surface area contributed by atoms with Gasteiger partial charge in [-0.1, -0.05) is 12.1 Å². The lowest BCUT2D eigenvalue weighted by Crippen LogP contribution is -2.18. The summed E-state index contributed by atoms with van der Waals surface area (Å²) in [6, 6.07) is 5.97. The molecule has 1 aliphatic rings. The maximum atomic E-state index is 12.6. The van der Waals surface area contributed by atoms with Gasteiger partial charge in [-0.15, -0.1) is 11.3 Å². The summed E-state index contributed by atoms with van der Waals surface area (Å²) in [7, 11) is 0. The van der Waals surface area contributed by atoms with Crippen LogP contribution >= 0.6 is 11.3 Å². The van der Waals surface area contributed by atoms with E-state index >= 15 is 0 Å². The number of anilines is 1. The van der Waals surface area contributed by atoms with Crippen molar-refractivity contribution in [3.05, 3.63) is 44.9 Å². The van der Waals surface area contributed by atoms with Crippen LogP contribution in [0.3, 0.4) is 0 Å². The van der Waals surface area contributed by atoms with Crippen LogP contribution in [-0.4, -0.2) is 28.9 Å². The number of carbonyl (C=O) groups excluding carboxylic acids is 1. The van der Waals surface area contributed by atoms with Gasteiger partial charge in [-0.25, -0.2) is 4.98 Å². The van der Waals surface area contributed by atoms with Crippen LogP contribution in [0.15, 0.2) is 18.2 Å². The molecule has 1 aromatic carbocycles. The molecule has 23 heavy (non-hydrogen) atoms. The minimum absolute atomic E-state index is 0.0543. The lowest BCUT2D eigenvalue weighted by molar-refractivity contribution is 0.102. The number of aromatic nitrogens is 1. The maximum Gasteiger partial charge on any atom is 0.267 e. The molecule has 3 rings (SSSR count). The van der Waals surface area contributed by atoms with E-state index in [4.69, 9.17) is 0 Å². The molecule has 1 fully saturated rings. The van der Waals surface area contributed by atoms with E-state index < -0.39 is 0 Å². The standard InChI is InChI=1S/C18H23N3OS/c1-12-7-6-8-15(13(12)2)20-18(22)17-14(3)19-16(23-17)11-21-9-4-5-10-21/h6-8H,4-5,9-11H2,1-3H3,(H,20,22). The fourth-order valence-electron chi connectivity index (χ4n) is 2.93. The smallest absolute Gasteiger partial charge is 0.267 e. The average Bonchev–Trinajstić information content (AvgIpc) is 3.14. The monoisotopic (exact) mass is 329 g/mol. The van der Waals surface area contributed by atoms with Crippen molar-refractivity contribution in [2.24, 2.45) is 0 Å². The van der Waals surface area contributed by atoms with Crippen molar-refractivity contribution in [2.75, 3.05) is 18.4 Å². The predicted molar refractivity (Wildman–Crippen MR) is 95.2 cm³/mol. The van der Waals surface area contributed by atoms with Crippen LogP contribution in [0.1, 0.15) is 44.3 Å². The van der Waals surface area contributed by atoms with Crippen LogP contribution in [-0.2, 0) is 6.54 Å². The molecule has 0 saturated carbocycles. The quantitative estimate of drug-likeness (QED) is 0.925. The highest BCUT2D eigenvalue weighted by atomic mass is 32.1. The highest BCUT2D eigenvalue weighted by Gasteiger charge is 2.19. The summed E-state index contributed by atoms with van der Waals surface area (Å²) in [4.78, 5) is 20.3. The van der Waals surface area contributed by atoms with Crippen LogP contribution in [0.4, 0.5) is 5.69 Å². The van der Waals surface area contributed by atoms with Crippen LogP contribution in [0, 0.1) is 20.8 Å². The molecule has 122 valence electrons. The number of carbonyl (C=O) groups is 1. The second-order valence-electron chi connectivity index (χ2n) is 6.21. The molecule has 0 spiro atoms. The number of nitrogens with zero attached hydrogens (tertiary/aromatic N) is 2. The first-order chi connectivity index (χ1) is 11.0. The molecule has 0 atom stereocenters. The van der Waals surface area contributed by atoms with Crippen molar-refractivity contribution in [1.82, 2.24) is 9.88 Å². The van der Waals surface area contributed by atoms with Crippen molar-refractivity contribution in [3.8, 4) is 0 Å². The average molecular weight is 329 g/mol. The normalized spacial score (nSPS) is 15.1. The van der Waals surface area contributed by atoms with Gasteiger partial charge in [-0.3, -0.25) is 9.69 Å². The summed E-state index contributed by atoms with van der Waals surface area (Å²) in [5, 5.41) is 4.07. The molecule has 1 aromatic heterocycles. The molecule has 0 bridgehead atoms. The predicted octanol–water partition coefficient (Wildman–Crippen LogP) is 3.92. The van der Waals surface area contributed by atoms with E-state index in [0.29, 0.717) is 0 Å². The number of likely N-dealkylation sites (tertiary alicyclic amines) is 1. The molecule has 0 aliphatic carbocycles. The van der Waals surface area contributed by atoms with Crippen molar-refractivity contribution < 1.29 is 4.79 Å². The number of rotatable bonds is 4. The molecule has 1 aliphatic heterocycles. The fraction of sp³-hybridized carbons (Fsp3) is 0.444. The Morgan fingerprint density at radius 1 is 1.26 bits per heavy atom. The summed E-state index contributed by atoms with van der Waals surface area (Å²) in [6.45, 7) is 9.15. The van der Waals surface area contributed by atoms with Gasteiger partial charge in [0.2, 0.25) is 0 Å². The van der Waals surface area contributed by atoms with Gasteiger partial charge in [0, 0.05) is 5.69 Å². The van der Waals surface area contributed by atoms with Crippen LogP contribution in [0.5, 0.6) is 0 Å². The fourth-order valence-corrected chi connectivity index (χ4v) is 3.93. The molecule has 2 aromatic rings. The second-order valence-corrected chi connectivity index (χ2v) is 7.29. The molecular weight excluding hydrogens is 306 g/mol. The third-order valence-corrected chi connectivity index (χ3v) is 5.60. The number of aryl methyl sites for hydroxylation is 2. The van der Waals surface area contributed by atoms with Crippen molar-refractivity contribution >= 4 is 22.9 Å². The van der Waals surface area contributed by atoms with Crippen LogP contribution in [0.25, 0.3) is 0 Å². The van der Waals surface area contributed by atoms with Crippen molar-refractivity contribution in [2.45, 2.75) is 40.2 Å². The molecule has 0 radical (unpaired) electrons. The third kappa shape index (κ3) is 3.62. The Kier molecular flexibility index (Phi) is 4.78. The van der Waals surface area contributed by atoms with E-state index in [1.54, 1.807) is 0 Å². The topological polar surface area (TPSA) is 45.2 Å². The summed E-state index contributed by atoms with van der Waals surface area (Å²) >= 11 is 1.52. The first-order valence-electron chi connectivity index (χ1n) is 8.11. The van der Waals surface area contributed by atoms with E-state index in [1.807, 2.05) is 26.0 Å². The third-order valence-electron chi connectivity index (χ3n) is 4.46. The first-order valence-corrected chi connectivity index (χ1v) is 8.92. The van der Waals surface area contributed by atoms with E-state index in [9.17, 15) is 4.79 Å². The summed E-state index contributed by atoms with van der Waals surface area (Å²) < 4.78 is 0.